The molecule has 23 heavy (non-hydrogen) atoms. The Morgan fingerprint density at radius 2 is 2.04 bits per heavy atom. The van der Waals surface area contributed by atoms with E-state index in [0.29, 0.717) is 0 Å². The quantitative estimate of drug-likeness (QED) is 0.939. The first-order valence-electron chi connectivity index (χ1n) is 8.08. The number of halogens is 1. The predicted octanol–water partition coefficient (Wildman–Crippen LogP) is 3.15. The number of hydrogen-bond donors (Lipinski definition) is 1. The minimum Gasteiger partial charge on any atom is -0.359 e. The highest BCUT2D eigenvalue weighted by molar-refractivity contribution is 6.32. The SMILES string of the molecule is CNC(=O)C1CCN(Cc2nc3ccccc3c(C)c2Cl)CC1. The van der Waals surface area contributed by atoms with Crippen molar-refractivity contribution < 1.29 is 4.79 Å². The lowest BCUT2D eigenvalue weighted by molar-refractivity contribution is -0.125. The highest BCUT2D eigenvalue weighted by Crippen LogP contribution is 2.28. The molecule has 1 aliphatic heterocycles. The van der Waals surface area contributed by atoms with Gasteiger partial charge in [-0.15, -0.1) is 0 Å². The molecule has 0 saturated carbocycles. The largest absolute Gasteiger partial charge is 0.359 e. The number of aryl methyl sites for hydroxylation is 1. The minimum atomic E-state index is 0.137. The zero-order chi connectivity index (χ0) is 16.4. The summed E-state index contributed by atoms with van der Waals surface area (Å²) in [5, 5.41) is 4.62. The molecule has 1 aromatic carbocycles. The summed E-state index contributed by atoms with van der Waals surface area (Å²) in [5.41, 5.74) is 3.01. The number of pyridine rings is 1. The molecular weight excluding hydrogens is 310 g/mol. The van der Waals surface area contributed by atoms with E-state index < -0.39 is 0 Å². The number of benzene rings is 1. The van der Waals surface area contributed by atoms with Gasteiger partial charge in [0.1, 0.15) is 0 Å². The number of carbonyl (C=O) groups is 1. The summed E-state index contributed by atoms with van der Waals surface area (Å²) in [7, 11) is 1.70. The summed E-state index contributed by atoms with van der Waals surface area (Å²) in [6.45, 7) is 4.60. The molecule has 0 atom stereocenters. The third-order valence-electron chi connectivity index (χ3n) is 4.72. The molecule has 3 rings (SSSR count). The molecular formula is C18H22ClN3O. The van der Waals surface area contributed by atoms with Crippen LogP contribution < -0.4 is 5.32 Å². The molecule has 0 unspecified atom stereocenters. The van der Waals surface area contributed by atoms with E-state index in [1.807, 2.05) is 25.1 Å². The van der Waals surface area contributed by atoms with Crippen molar-refractivity contribution in [1.29, 1.82) is 0 Å². The fourth-order valence-corrected chi connectivity index (χ4v) is 3.50. The van der Waals surface area contributed by atoms with Crippen LogP contribution in [-0.4, -0.2) is 35.9 Å². The second-order valence-corrected chi connectivity index (χ2v) is 6.56. The van der Waals surface area contributed by atoms with Crippen molar-refractivity contribution in [2.75, 3.05) is 20.1 Å². The average molecular weight is 332 g/mol. The molecule has 0 radical (unpaired) electrons. The molecule has 122 valence electrons. The number of piperidine rings is 1. The maximum Gasteiger partial charge on any atom is 0.222 e. The van der Waals surface area contributed by atoms with Gasteiger partial charge in [0, 0.05) is 24.9 Å². The Morgan fingerprint density at radius 3 is 2.74 bits per heavy atom. The van der Waals surface area contributed by atoms with Gasteiger partial charge in [-0.1, -0.05) is 29.8 Å². The number of likely N-dealkylation sites (tertiary alicyclic amines) is 1. The van der Waals surface area contributed by atoms with E-state index in [1.165, 1.54) is 0 Å². The molecule has 2 heterocycles. The van der Waals surface area contributed by atoms with Gasteiger partial charge in [-0.05, 0) is 44.5 Å². The lowest BCUT2D eigenvalue weighted by Gasteiger charge is -2.31. The highest BCUT2D eigenvalue weighted by atomic mass is 35.5. The Morgan fingerprint density at radius 1 is 1.35 bits per heavy atom. The summed E-state index contributed by atoms with van der Waals surface area (Å²) in [5.74, 6) is 0.292. The number of carbonyl (C=O) groups excluding carboxylic acids is 1. The zero-order valence-corrected chi connectivity index (χ0v) is 14.4. The number of hydrogen-bond acceptors (Lipinski definition) is 3. The van der Waals surface area contributed by atoms with Gasteiger partial charge in [-0.2, -0.15) is 0 Å². The smallest absolute Gasteiger partial charge is 0.222 e. The van der Waals surface area contributed by atoms with E-state index in [9.17, 15) is 4.79 Å². The van der Waals surface area contributed by atoms with E-state index in [2.05, 4.69) is 16.3 Å². The maximum atomic E-state index is 11.7. The summed E-state index contributed by atoms with van der Waals surface area (Å²) < 4.78 is 0. The number of aromatic nitrogens is 1. The van der Waals surface area contributed by atoms with E-state index in [1.54, 1.807) is 7.05 Å². The highest BCUT2D eigenvalue weighted by Gasteiger charge is 2.25. The summed E-state index contributed by atoms with van der Waals surface area (Å²) >= 11 is 6.54. The first-order chi connectivity index (χ1) is 11.1. The van der Waals surface area contributed by atoms with Crippen molar-refractivity contribution in [3.8, 4) is 0 Å². The fourth-order valence-electron chi connectivity index (χ4n) is 3.29. The van der Waals surface area contributed by atoms with Crippen molar-refractivity contribution in [3.63, 3.8) is 0 Å². The third-order valence-corrected chi connectivity index (χ3v) is 5.23. The van der Waals surface area contributed by atoms with Gasteiger partial charge >= 0.3 is 0 Å². The minimum absolute atomic E-state index is 0.137. The Kier molecular flexibility index (Phi) is 4.83. The van der Waals surface area contributed by atoms with Gasteiger partial charge in [-0.25, -0.2) is 4.98 Å². The second kappa shape index (κ2) is 6.85. The first kappa shape index (κ1) is 16.2. The number of nitrogens with one attached hydrogen (secondary N) is 1. The number of amides is 1. The zero-order valence-electron chi connectivity index (χ0n) is 13.6. The lowest BCUT2D eigenvalue weighted by Crippen LogP contribution is -2.39. The van der Waals surface area contributed by atoms with Crippen molar-refractivity contribution in [2.45, 2.75) is 26.3 Å². The van der Waals surface area contributed by atoms with Crippen LogP contribution in [0.15, 0.2) is 24.3 Å². The normalized spacial score (nSPS) is 16.7. The van der Waals surface area contributed by atoms with Crippen LogP contribution in [0.5, 0.6) is 0 Å². The monoisotopic (exact) mass is 331 g/mol. The van der Waals surface area contributed by atoms with Crippen LogP contribution in [-0.2, 0) is 11.3 Å². The van der Waals surface area contributed by atoms with Crippen LogP contribution in [0.25, 0.3) is 10.9 Å². The fraction of sp³-hybridized carbons (Fsp3) is 0.444. The molecule has 1 saturated heterocycles. The van der Waals surface area contributed by atoms with Crippen LogP contribution in [0.4, 0.5) is 0 Å². The molecule has 1 fully saturated rings. The molecule has 0 bridgehead atoms. The van der Waals surface area contributed by atoms with Gasteiger partial charge < -0.3 is 5.32 Å². The molecule has 4 nitrogen and oxygen atoms in total. The van der Waals surface area contributed by atoms with Crippen LogP contribution in [0.2, 0.25) is 5.02 Å². The summed E-state index contributed by atoms with van der Waals surface area (Å²) in [6, 6.07) is 8.10. The van der Waals surface area contributed by atoms with E-state index in [0.717, 1.165) is 59.7 Å². The van der Waals surface area contributed by atoms with Crippen LogP contribution in [0.1, 0.15) is 24.1 Å². The van der Waals surface area contributed by atoms with Crippen LogP contribution in [0.3, 0.4) is 0 Å². The second-order valence-electron chi connectivity index (χ2n) is 6.18. The Balaban J connectivity index is 1.75. The third kappa shape index (κ3) is 3.33. The topological polar surface area (TPSA) is 45.2 Å². The van der Waals surface area contributed by atoms with E-state index in [-0.39, 0.29) is 11.8 Å². The van der Waals surface area contributed by atoms with Crippen molar-refractivity contribution in [1.82, 2.24) is 15.2 Å². The van der Waals surface area contributed by atoms with Gasteiger partial charge in [0.15, 0.2) is 0 Å². The average Bonchev–Trinajstić information content (AvgIpc) is 2.59. The summed E-state index contributed by atoms with van der Waals surface area (Å²) in [6.07, 6.45) is 1.79. The van der Waals surface area contributed by atoms with Crippen LogP contribution >= 0.6 is 11.6 Å². The number of rotatable bonds is 3. The van der Waals surface area contributed by atoms with Gasteiger partial charge in [-0.3, -0.25) is 9.69 Å². The molecule has 5 heteroatoms. The van der Waals surface area contributed by atoms with Gasteiger partial charge in [0.2, 0.25) is 5.91 Å². The van der Waals surface area contributed by atoms with Gasteiger partial charge in [0.25, 0.3) is 0 Å². The lowest BCUT2D eigenvalue weighted by atomic mass is 9.96. The van der Waals surface area contributed by atoms with E-state index in [4.69, 9.17) is 16.6 Å². The van der Waals surface area contributed by atoms with Gasteiger partial charge in [0.05, 0.1) is 16.2 Å². The van der Waals surface area contributed by atoms with Crippen molar-refractivity contribution >= 4 is 28.4 Å². The summed E-state index contributed by atoms with van der Waals surface area (Å²) in [4.78, 5) is 18.8. The standard InChI is InChI=1S/C18H22ClN3O/c1-12-14-5-3-4-6-15(14)21-16(17(12)19)11-22-9-7-13(8-10-22)18(23)20-2/h3-6,13H,7-11H2,1-2H3,(H,20,23). The van der Waals surface area contributed by atoms with E-state index >= 15 is 0 Å². The molecule has 2 aromatic rings. The predicted molar refractivity (Wildman–Crippen MR) is 93.6 cm³/mol. The Hall–Kier alpha value is -1.65. The molecule has 1 N–H and O–H groups in total. The maximum absolute atomic E-state index is 11.7. The molecule has 0 aliphatic carbocycles. The Bertz CT molecular complexity index is 724. The number of fused-ring (bicyclic) bond motifs is 1. The van der Waals surface area contributed by atoms with Crippen LogP contribution in [0, 0.1) is 12.8 Å². The molecule has 1 amide bonds. The van der Waals surface area contributed by atoms with Crippen molar-refractivity contribution in [2.24, 2.45) is 5.92 Å². The molecule has 0 spiro atoms. The van der Waals surface area contributed by atoms with Crippen molar-refractivity contribution in [3.05, 3.63) is 40.5 Å². The Labute approximate surface area is 141 Å². The first-order valence-corrected chi connectivity index (χ1v) is 8.45. The molecule has 1 aromatic heterocycles. The number of para-hydroxylation sites is 1. The molecule has 1 aliphatic rings. The number of nitrogens with zero attached hydrogens (tertiary/aromatic N) is 2.